The number of hydrogen-bond acceptors (Lipinski definition) is 5. The van der Waals surface area contributed by atoms with Gasteiger partial charge < -0.3 is 18.9 Å². The summed E-state index contributed by atoms with van der Waals surface area (Å²) in [5.41, 5.74) is 5.21. The van der Waals surface area contributed by atoms with Gasteiger partial charge in [-0.1, -0.05) is 343 Å². The number of benzene rings is 4. The van der Waals surface area contributed by atoms with Gasteiger partial charge in [0.1, 0.15) is 23.0 Å². The monoisotopic (exact) mass is 1220 g/mol. The smallest absolute Gasteiger partial charge is 0.136 e. The van der Waals surface area contributed by atoms with Crippen LogP contribution in [0.2, 0.25) is 0 Å². The maximum atomic E-state index is 6.68. The second-order valence-electron chi connectivity index (χ2n) is 24.7. The molecule has 1 aromatic heterocycles. The van der Waals surface area contributed by atoms with Gasteiger partial charge in [-0.05, 0) is 62.1 Å². The van der Waals surface area contributed by atoms with Gasteiger partial charge >= 0.3 is 0 Å². The predicted octanol–water partition coefficient (Wildman–Crippen LogP) is 24.5. The van der Waals surface area contributed by atoms with Crippen LogP contribution in [0.15, 0.2) is 97.1 Å². The third-order valence-corrected chi connectivity index (χ3v) is 17.6. The Kier molecular flexibility index (Phi) is 42.0. The summed E-state index contributed by atoms with van der Waals surface area (Å²) in [7, 11) is 0. The zero-order chi connectivity index (χ0) is 62.5. The van der Waals surface area contributed by atoms with E-state index < -0.39 is 0 Å². The van der Waals surface area contributed by atoms with Crippen molar-refractivity contribution in [1.82, 2.24) is 0 Å². The van der Waals surface area contributed by atoms with Gasteiger partial charge in [0.05, 0.1) is 58.4 Å². The van der Waals surface area contributed by atoms with Crippen LogP contribution in [0.4, 0.5) is 0 Å². The zero-order valence-corrected chi connectivity index (χ0v) is 57.2. The summed E-state index contributed by atoms with van der Waals surface area (Å²) < 4.78 is 26.7. The first-order valence-electron chi connectivity index (χ1n) is 36.2. The number of unbranched alkanes of at least 4 members (excludes halogenated alkanes) is 36. The van der Waals surface area contributed by atoms with Crippen LogP contribution in [0.1, 0.15) is 328 Å². The third-order valence-electron chi connectivity index (χ3n) is 16.7. The van der Waals surface area contributed by atoms with Crippen molar-refractivity contribution >= 4 is 11.3 Å². The topological polar surface area (TPSA) is 36.9 Å². The van der Waals surface area contributed by atoms with Crippen molar-refractivity contribution in [2.75, 3.05) is 26.4 Å². The maximum absolute atomic E-state index is 6.68. The van der Waals surface area contributed by atoms with Gasteiger partial charge in [0.25, 0.3) is 0 Å². The molecular formula is C84H116O4S. The summed E-state index contributed by atoms with van der Waals surface area (Å²) in [5, 5.41) is 0. The third kappa shape index (κ3) is 34.7. The summed E-state index contributed by atoms with van der Waals surface area (Å²) in [6.45, 7) is 11.7. The van der Waals surface area contributed by atoms with Crippen molar-refractivity contribution in [2.24, 2.45) is 0 Å². The van der Waals surface area contributed by atoms with Crippen molar-refractivity contribution in [3.8, 4) is 70.4 Å². The van der Waals surface area contributed by atoms with E-state index >= 15 is 0 Å². The Morgan fingerprint density at radius 2 is 0.449 bits per heavy atom. The van der Waals surface area contributed by atoms with Gasteiger partial charge in [0.15, 0.2) is 0 Å². The Hall–Kier alpha value is -5.98. The van der Waals surface area contributed by atoms with Crippen LogP contribution in [0.3, 0.4) is 0 Å². The van der Waals surface area contributed by atoms with E-state index in [0.29, 0.717) is 26.4 Å². The molecule has 0 saturated heterocycles. The number of rotatable bonds is 48. The molecule has 0 atom stereocenters. The first-order valence-corrected chi connectivity index (χ1v) is 37.1. The molecule has 482 valence electrons. The molecule has 89 heavy (non-hydrogen) atoms. The van der Waals surface area contributed by atoms with Crippen LogP contribution in [0.5, 0.6) is 23.0 Å². The van der Waals surface area contributed by atoms with E-state index in [0.717, 1.165) is 117 Å². The van der Waals surface area contributed by atoms with Crippen LogP contribution in [0.25, 0.3) is 0 Å². The lowest BCUT2D eigenvalue weighted by Gasteiger charge is -2.14. The standard InChI is InChI=1S/C84H116O4S/c1-5-9-13-17-21-25-29-33-37-47-65-85-81-71-77(83(69-75(81)57-55-73-51-43-41-44-52-73)87-67-49-39-35-31-27-23-19-15-11-7-3)59-61-79-63-64-80(89-79)62-60-78-72-82(86-66-48-38-34-30-26-22-18-14-10-6-2)76(58-56-74-53-45-42-46-54-74)70-84(78)88-68-50-40-36-32-28-24-20-16-12-8-4/h41-46,51-54,63-64,69-72H,5-40,47-50,65-68H2,1-4H3. The van der Waals surface area contributed by atoms with Crippen molar-refractivity contribution in [3.05, 3.63) is 140 Å². The van der Waals surface area contributed by atoms with Crippen LogP contribution in [-0.2, 0) is 0 Å². The Morgan fingerprint density at radius 3 is 0.685 bits per heavy atom. The molecule has 5 aromatic rings. The molecule has 0 spiro atoms. The summed E-state index contributed by atoms with van der Waals surface area (Å²) in [6.07, 6.45) is 51.0. The normalized spacial score (nSPS) is 10.7. The Balaban J connectivity index is 1.39. The minimum atomic E-state index is 0.631. The summed E-state index contributed by atoms with van der Waals surface area (Å²) in [5.74, 6) is 30.9. The zero-order valence-electron chi connectivity index (χ0n) is 56.4. The fraction of sp³-hybridized carbons (Fsp3) is 0.571. The van der Waals surface area contributed by atoms with Crippen LogP contribution in [-0.4, -0.2) is 26.4 Å². The Labute approximate surface area is 548 Å². The molecule has 5 rings (SSSR count). The first kappa shape index (κ1) is 73.8. The molecule has 0 saturated carbocycles. The van der Waals surface area contributed by atoms with E-state index in [9.17, 15) is 0 Å². The highest BCUT2D eigenvalue weighted by atomic mass is 32.1. The maximum Gasteiger partial charge on any atom is 0.136 e. The summed E-state index contributed by atoms with van der Waals surface area (Å²) in [6, 6.07) is 32.9. The lowest BCUT2D eigenvalue weighted by Crippen LogP contribution is -2.03. The molecule has 0 radical (unpaired) electrons. The predicted molar refractivity (Wildman–Crippen MR) is 383 cm³/mol. The van der Waals surface area contributed by atoms with Gasteiger partial charge in [-0.25, -0.2) is 0 Å². The highest BCUT2D eigenvalue weighted by Crippen LogP contribution is 2.32. The molecule has 4 aromatic carbocycles. The lowest BCUT2D eigenvalue weighted by atomic mass is 10.1. The number of thiophene rings is 1. The molecule has 0 N–H and O–H groups in total. The van der Waals surface area contributed by atoms with E-state index in [-0.39, 0.29) is 0 Å². The van der Waals surface area contributed by atoms with Gasteiger partial charge in [0, 0.05) is 35.4 Å². The minimum absolute atomic E-state index is 0.631. The van der Waals surface area contributed by atoms with Crippen molar-refractivity contribution < 1.29 is 18.9 Å². The minimum Gasteiger partial charge on any atom is -0.492 e. The second kappa shape index (κ2) is 50.7. The van der Waals surface area contributed by atoms with Crippen LogP contribution >= 0.6 is 11.3 Å². The molecular weight excluding hydrogens is 1100 g/mol. The van der Waals surface area contributed by atoms with E-state index in [2.05, 4.69) is 136 Å². The average Bonchev–Trinajstić information content (AvgIpc) is 3.84. The van der Waals surface area contributed by atoms with Crippen LogP contribution < -0.4 is 18.9 Å². The molecule has 0 aliphatic heterocycles. The summed E-state index contributed by atoms with van der Waals surface area (Å²) in [4.78, 5) is 1.86. The molecule has 0 aliphatic rings. The molecule has 0 fully saturated rings. The molecule has 0 amide bonds. The van der Waals surface area contributed by atoms with E-state index in [1.54, 1.807) is 11.3 Å². The van der Waals surface area contributed by atoms with Gasteiger partial charge in [-0.15, -0.1) is 11.3 Å². The molecule has 4 nitrogen and oxygen atoms in total. The number of ether oxygens (including phenoxy) is 4. The SMILES string of the molecule is CCCCCCCCCCCCOc1cc(C#Cc2ccc(C#Cc3cc(OCCCCCCCCCCCC)c(C#Cc4ccccc4)cc3OCCCCCCCCCCCC)s2)c(OCCCCCCCCCCCC)cc1C#Cc1ccccc1. The van der Waals surface area contributed by atoms with Gasteiger partial charge in [-0.3, -0.25) is 0 Å². The summed E-state index contributed by atoms with van der Waals surface area (Å²) >= 11 is 1.60. The molecule has 1 heterocycles. The highest BCUT2D eigenvalue weighted by molar-refractivity contribution is 7.13. The van der Waals surface area contributed by atoms with E-state index in [1.165, 1.54) is 205 Å². The Morgan fingerprint density at radius 1 is 0.236 bits per heavy atom. The quantitative estimate of drug-likeness (QED) is 0.0287. The van der Waals surface area contributed by atoms with Crippen molar-refractivity contribution in [2.45, 2.75) is 285 Å². The second-order valence-corrected chi connectivity index (χ2v) is 25.8. The van der Waals surface area contributed by atoms with Crippen molar-refractivity contribution in [1.29, 1.82) is 0 Å². The number of hydrogen-bond donors (Lipinski definition) is 0. The fourth-order valence-electron chi connectivity index (χ4n) is 11.1. The first-order chi connectivity index (χ1) is 44.1. The van der Waals surface area contributed by atoms with Crippen LogP contribution in [0, 0.1) is 47.4 Å². The highest BCUT2D eigenvalue weighted by Gasteiger charge is 2.14. The molecule has 0 bridgehead atoms. The van der Waals surface area contributed by atoms with E-state index in [1.807, 2.05) is 36.4 Å². The van der Waals surface area contributed by atoms with Crippen molar-refractivity contribution in [3.63, 3.8) is 0 Å². The molecule has 0 aliphatic carbocycles. The van der Waals surface area contributed by atoms with E-state index in [4.69, 9.17) is 18.9 Å². The molecule has 5 heteroatoms. The lowest BCUT2D eigenvalue weighted by molar-refractivity contribution is 0.295. The average molecular weight is 1220 g/mol. The van der Waals surface area contributed by atoms with Gasteiger partial charge in [-0.2, -0.15) is 0 Å². The fourth-order valence-corrected chi connectivity index (χ4v) is 11.8. The molecule has 0 unspecified atom stereocenters. The largest absolute Gasteiger partial charge is 0.492 e. The van der Waals surface area contributed by atoms with Gasteiger partial charge in [0.2, 0.25) is 0 Å². The Bertz CT molecular complexity index is 2660.